The van der Waals surface area contributed by atoms with Gasteiger partial charge in [0.1, 0.15) is 11.8 Å². The Morgan fingerprint density at radius 2 is 2.21 bits per heavy atom. The van der Waals surface area contributed by atoms with E-state index < -0.39 is 0 Å². The maximum absolute atomic E-state index is 8.84. The molecule has 3 heteroatoms. The van der Waals surface area contributed by atoms with Crippen molar-refractivity contribution < 1.29 is 4.74 Å². The van der Waals surface area contributed by atoms with Gasteiger partial charge in [-0.15, -0.1) is 0 Å². The second-order valence-corrected chi connectivity index (χ2v) is 3.13. The average Bonchev–Trinajstić information content (AvgIpc) is 2.62. The molecule has 70 valence electrons. The van der Waals surface area contributed by atoms with E-state index in [1.807, 2.05) is 19.1 Å². The molecule has 0 aliphatic rings. The van der Waals surface area contributed by atoms with E-state index in [4.69, 9.17) is 10.00 Å². The van der Waals surface area contributed by atoms with Crippen LogP contribution in [0.15, 0.2) is 18.3 Å². The van der Waals surface area contributed by atoms with Crippen molar-refractivity contribution in [2.24, 2.45) is 0 Å². The van der Waals surface area contributed by atoms with Gasteiger partial charge in [-0.3, -0.25) is 0 Å². The van der Waals surface area contributed by atoms with Crippen molar-refractivity contribution in [1.82, 2.24) is 4.98 Å². The van der Waals surface area contributed by atoms with E-state index >= 15 is 0 Å². The molecule has 0 fully saturated rings. The predicted octanol–water partition coefficient (Wildman–Crippen LogP) is 2.36. The standard InChI is InChI=1S/C11H10N2O/c1-7-10(14-2)4-3-9-8(5-12)6-13-11(7)9/h3-4,6,13H,1-2H3. The molecule has 0 radical (unpaired) electrons. The molecular formula is C11H10N2O. The summed E-state index contributed by atoms with van der Waals surface area (Å²) >= 11 is 0. The molecule has 0 saturated carbocycles. The number of methoxy groups -OCH3 is 1. The number of hydrogen-bond donors (Lipinski definition) is 1. The zero-order valence-corrected chi connectivity index (χ0v) is 8.09. The number of aromatic nitrogens is 1. The van der Waals surface area contributed by atoms with Crippen molar-refractivity contribution >= 4 is 10.9 Å². The summed E-state index contributed by atoms with van der Waals surface area (Å²) < 4.78 is 5.19. The molecule has 0 aliphatic carbocycles. The Balaban J connectivity index is 2.80. The number of ether oxygens (including phenoxy) is 1. The molecule has 2 aromatic rings. The molecule has 0 atom stereocenters. The molecule has 0 unspecified atom stereocenters. The van der Waals surface area contributed by atoms with Gasteiger partial charge in [0.15, 0.2) is 0 Å². The summed E-state index contributed by atoms with van der Waals surface area (Å²) in [6, 6.07) is 5.92. The molecule has 0 amide bonds. The third-order valence-corrected chi connectivity index (χ3v) is 2.41. The zero-order chi connectivity index (χ0) is 10.1. The second kappa shape index (κ2) is 3.08. The average molecular weight is 186 g/mol. The highest BCUT2D eigenvalue weighted by Crippen LogP contribution is 2.27. The van der Waals surface area contributed by atoms with Crippen LogP contribution in [0.4, 0.5) is 0 Å². The number of nitriles is 1. The summed E-state index contributed by atoms with van der Waals surface area (Å²) in [6.45, 7) is 1.97. The lowest BCUT2D eigenvalue weighted by molar-refractivity contribution is 0.412. The molecule has 0 aliphatic heterocycles. The fraction of sp³-hybridized carbons (Fsp3) is 0.182. The van der Waals surface area contributed by atoms with E-state index in [1.54, 1.807) is 13.3 Å². The Morgan fingerprint density at radius 1 is 1.43 bits per heavy atom. The summed E-state index contributed by atoms with van der Waals surface area (Å²) in [6.07, 6.45) is 1.72. The molecule has 3 nitrogen and oxygen atoms in total. The zero-order valence-electron chi connectivity index (χ0n) is 8.09. The Kier molecular flexibility index (Phi) is 1.90. The summed E-state index contributed by atoms with van der Waals surface area (Å²) in [5.41, 5.74) is 2.68. The normalized spacial score (nSPS) is 10.1. The van der Waals surface area contributed by atoms with Gasteiger partial charge in [-0.05, 0) is 19.1 Å². The largest absolute Gasteiger partial charge is 0.496 e. The molecule has 0 saturated heterocycles. The molecule has 0 spiro atoms. The number of benzene rings is 1. The highest BCUT2D eigenvalue weighted by atomic mass is 16.5. The van der Waals surface area contributed by atoms with Gasteiger partial charge in [0.05, 0.1) is 18.2 Å². The van der Waals surface area contributed by atoms with Crippen LogP contribution in [0.5, 0.6) is 5.75 Å². The van der Waals surface area contributed by atoms with Gasteiger partial charge in [0, 0.05) is 17.1 Å². The van der Waals surface area contributed by atoms with Crippen molar-refractivity contribution in [3.63, 3.8) is 0 Å². The van der Waals surface area contributed by atoms with Crippen molar-refractivity contribution in [3.05, 3.63) is 29.5 Å². The lowest BCUT2D eigenvalue weighted by Gasteiger charge is -2.04. The third-order valence-electron chi connectivity index (χ3n) is 2.41. The first-order valence-electron chi connectivity index (χ1n) is 4.32. The number of H-pyrrole nitrogens is 1. The maximum Gasteiger partial charge on any atom is 0.123 e. The van der Waals surface area contributed by atoms with Crippen LogP contribution in [0, 0.1) is 18.3 Å². The van der Waals surface area contributed by atoms with Gasteiger partial charge in [0.25, 0.3) is 0 Å². The van der Waals surface area contributed by atoms with E-state index in [0.29, 0.717) is 5.56 Å². The maximum atomic E-state index is 8.84. The quantitative estimate of drug-likeness (QED) is 0.743. The highest BCUT2D eigenvalue weighted by Gasteiger charge is 2.08. The lowest BCUT2D eigenvalue weighted by Crippen LogP contribution is -1.87. The first-order valence-corrected chi connectivity index (χ1v) is 4.32. The molecule has 1 aromatic heterocycles. The summed E-state index contributed by atoms with van der Waals surface area (Å²) in [7, 11) is 1.64. The number of nitrogens with zero attached hydrogens (tertiary/aromatic N) is 1. The van der Waals surface area contributed by atoms with E-state index in [9.17, 15) is 0 Å². The monoisotopic (exact) mass is 186 g/mol. The minimum Gasteiger partial charge on any atom is -0.496 e. The van der Waals surface area contributed by atoms with Gasteiger partial charge in [-0.2, -0.15) is 5.26 Å². The topological polar surface area (TPSA) is 48.8 Å². The van der Waals surface area contributed by atoms with Crippen LogP contribution in [0.1, 0.15) is 11.1 Å². The Morgan fingerprint density at radius 3 is 2.86 bits per heavy atom. The molecule has 1 heterocycles. The number of fused-ring (bicyclic) bond motifs is 1. The Bertz CT molecular complexity index is 520. The summed E-state index contributed by atoms with van der Waals surface area (Å²) in [4.78, 5) is 3.08. The van der Waals surface area contributed by atoms with Crippen LogP contribution in [-0.4, -0.2) is 12.1 Å². The van der Waals surface area contributed by atoms with Crippen molar-refractivity contribution in [3.8, 4) is 11.8 Å². The number of aryl methyl sites for hydroxylation is 1. The minimum absolute atomic E-state index is 0.672. The van der Waals surface area contributed by atoms with Crippen LogP contribution in [-0.2, 0) is 0 Å². The predicted molar refractivity (Wildman–Crippen MR) is 54.3 cm³/mol. The summed E-state index contributed by atoms with van der Waals surface area (Å²) in [5.74, 6) is 0.837. The molecule has 1 aromatic carbocycles. The lowest BCUT2D eigenvalue weighted by atomic mass is 10.1. The van der Waals surface area contributed by atoms with Gasteiger partial charge < -0.3 is 9.72 Å². The van der Waals surface area contributed by atoms with Gasteiger partial charge in [-0.1, -0.05) is 0 Å². The molecule has 1 N–H and O–H groups in total. The summed E-state index contributed by atoms with van der Waals surface area (Å²) in [5, 5.41) is 9.79. The van der Waals surface area contributed by atoms with E-state index in [1.165, 1.54) is 0 Å². The minimum atomic E-state index is 0.672. The van der Waals surface area contributed by atoms with E-state index in [2.05, 4.69) is 11.1 Å². The van der Waals surface area contributed by atoms with Gasteiger partial charge in [0.2, 0.25) is 0 Å². The fourth-order valence-corrected chi connectivity index (χ4v) is 1.64. The van der Waals surface area contributed by atoms with Crippen molar-refractivity contribution in [1.29, 1.82) is 5.26 Å². The smallest absolute Gasteiger partial charge is 0.123 e. The van der Waals surface area contributed by atoms with Crippen LogP contribution in [0.25, 0.3) is 10.9 Å². The van der Waals surface area contributed by atoms with Crippen molar-refractivity contribution in [2.75, 3.05) is 7.11 Å². The fourth-order valence-electron chi connectivity index (χ4n) is 1.64. The number of rotatable bonds is 1. The molecule has 0 bridgehead atoms. The number of nitrogens with one attached hydrogen (secondary N) is 1. The Hall–Kier alpha value is -1.95. The van der Waals surface area contributed by atoms with E-state index in [-0.39, 0.29) is 0 Å². The van der Waals surface area contributed by atoms with Crippen LogP contribution < -0.4 is 4.74 Å². The van der Waals surface area contributed by atoms with Crippen LogP contribution >= 0.6 is 0 Å². The number of aromatic amines is 1. The second-order valence-electron chi connectivity index (χ2n) is 3.13. The molecular weight excluding hydrogens is 176 g/mol. The van der Waals surface area contributed by atoms with Gasteiger partial charge >= 0.3 is 0 Å². The van der Waals surface area contributed by atoms with Crippen molar-refractivity contribution in [2.45, 2.75) is 6.92 Å². The number of hydrogen-bond acceptors (Lipinski definition) is 2. The van der Waals surface area contributed by atoms with Crippen LogP contribution in [0.2, 0.25) is 0 Å². The van der Waals surface area contributed by atoms with Gasteiger partial charge in [-0.25, -0.2) is 0 Å². The van der Waals surface area contributed by atoms with E-state index in [0.717, 1.165) is 22.2 Å². The van der Waals surface area contributed by atoms with Crippen LogP contribution in [0.3, 0.4) is 0 Å². The first-order chi connectivity index (χ1) is 6.77. The highest BCUT2D eigenvalue weighted by molar-refractivity contribution is 5.89. The molecule has 14 heavy (non-hydrogen) atoms. The first kappa shape index (κ1) is 8.64. The molecule has 2 rings (SSSR count). The Labute approximate surface area is 81.9 Å². The SMILES string of the molecule is COc1ccc2c(C#N)c[nH]c2c1C. The third kappa shape index (κ3) is 1.05.